The van der Waals surface area contributed by atoms with Crippen molar-refractivity contribution in [1.82, 2.24) is 9.88 Å². The van der Waals surface area contributed by atoms with E-state index in [-0.39, 0.29) is 11.6 Å². The van der Waals surface area contributed by atoms with Crippen LogP contribution in [0.3, 0.4) is 0 Å². The SMILES string of the molecule is CCOCCN(C)C(=O)c1cccc(F)n1. The average molecular weight is 226 g/mol. The minimum atomic E-state index is -0.649. The summed E-state index contributed by atoms with van der Waals surface area (Å²) in [6, 6.07) is 4.16. The molecular formula is C11H15FN2O2. The molecule has 4 nitrogen and oxygen atoms in total. The van der Waals surface area contributed by atoms with Crippen LogP contribution in [0.2, 0.25) is 0 Å². The van der Waals surface area contributed by atoms with E-state index in [4.69, 9.17) is 4.74 Å². The summed E-state index contributed by atoms with van der Waals surface area (Å²) in [6.45, 7) is 3.43. The number of carbonyl (C=O) groups is 1. The van der Waals surface area contributed by atoms with Gasteiger partial charge in [0, 0.05) is 20.2 Å². The predicted molar refractivity (Wildman–Crippen MR) is 57.6 cm³/mol. The minimum Gasteiger partial charge on any atom is -0.380 e. The highest BCUT2D eigenvalue weighted by atomic mass is 19.1. The van der Waals surface area contributed by atoms with Gasteiger partial charge in [-0.3, -0.25) is 4.79 Å². The molecule has 0 saturated carbocycles. The molecule has 0 saturated heterocycles. The zero-order valence-corrected chi connectivity index (χ0v) is 9.44. The molecule has 0 aliphatic heterocycles. The third kappa shape index (κ3) is 3.58. The monoisotopic (exact) mass is 226 g/mol. The van der Waals surface area contributed by atoms with E-state index in [1.807, 2.05) is 6.92 Å². The van der Waals surface area contributed by atoms with E-state index in [2.05, 4.69) is 4.98 Å². The lowest BCUT2D eigenvalue weighted by molar-refractivity contribution is 0.0703. The van der Waals surface area contributed by atoms with Crippen molar-refractivity contribution in [1.29, 1.82) is 0 Å². The van der Waals surface area contributed by atoms with Gasteiger partial charge in [-0.2, -0.15) is 4.39 Å². The predicted octanol–water partition coefficient (Wildman–Crippen LogP) is 1.33. The van der Waals surface area contributed by atoms with Crippen LogP contribution in [0.15, 0.2) is 18.2 Å². The van der Waals surface area contributed by atoms with E-state index < -0.39 is 5.95 Å². The third-order valence-electron chi connectivity index (χ3n) is 2.06. The Bertz CT molecular complexity index is 358. The van der Waals surface area contributed by atoms with Gasteiger partial charge in [-0.1, -0.05) is 6.07 Å². The summed E-state index contributed by atoms with van der Waals surface area (Å²) in [5.74, 6) is -0.955. The quantitative estimate of drug-likeness (QED) is 0.562. The molecule has 1 aromatic rings. The zero-order chi connectivity index (χ0) is 12.0. The number of halogens is 1. The third-order valence-corrected chi connectivity index (χ3v) is 2.06. The number of ether oxygens (including phenoxy) is 1. The highest BCUT2D eigenvalue weighted by Gasteiger charge is 2.13. The van der Waals surface area contributed by atoms with Crippen LogP contribution in [-0.4, -0.2) is 42.6 Å². The lowest BCUT2D eigenvalue weighted by Gasteiger charge is -2.16. The number of hydrogen-bond acceptors (Lipinski definition) is 3. The molecule has 1 aromatic heterocycles. The molecule has 0 radical (unpaired) electrons. The van der Waals surface area contributed by atoms with Crippen molar-refractivity contribution in [3.05, 3.63) is 29.8 Å². The maximum absolute atomic E-state index is 12.8. The van der Waals surface area contributed by atoms with Crippen molar-refractivity contribution in [2.75, 3.05) is 26.8 Å². The van der Waals surface area contributed by atoms with Gasteiger partial charge in [0.05, 0.1) is 6.61 Å². The van der Waals surface area contributed by atoms with E-state index >= 15 is 0 Å². The van der Waals surface area contributed by atoms with Gasteiger partial charge in [0.15, 0.2) is 0 Å². The summed E-state index contributed by atoms with van der Waals surface area (Å²) in [5, 5.41) is 0. The first kappa shape index (κ1) is 12.6. The molecule has 0 atom stereocenters. The first-order valence-corrected chi connectivity index (χ1v) is 5.11. The zero-order valence-electron chi connectivity index (χ0n) is 9.44. The Morgan fingerprint density at radius 1 is 1.56 bits per heavy atom. The van der Waals surface area contributed by atoms with Crippen molar-refractivity contribution < 1.29 is 13.9 Å². The fourth-order valence-corrected chi connectivity index (χ4v) is 1.17. The van der Waals surface area contributed by atoms with Crippen LogP contribution in [0.4, 0.5) is 4.39 Å². The number of carbonyl (C=O) groups excluding carboxylic acids is 1. The normalized spacial score (nSPS) is 10.2. The van der Waals surface area contributed by atoms with Crippen LogP contribution in [0.25, 0.3) is 0 Å². The largest absolute Gasteiger partial charge is 0.380 e. The molecule has 0 aliphatic carbocycles. The summed E-state index contributed by atoms with van der Waals surface area (Å²) in [4.78, 5) is 16.7. The summed E-state index contributed by atoms with van der Waals surface area (Å²) < 4.78 is 17.9. The molecule has 0 bridgehead atoms. The molecule has 16 heavy (non-hydrogen) atoms. The highest BCUT2D eigenvalue weighted by molar-refractivity contribution is 5.92. The first-order chi connectivity index (χ1) is 7.65. The Kier molecular flexibility index (Phi) is 4.85. The highest BCUT2D eigenvalue weighted by Crippen LogP contribution is 2.01. The maximum atomic E-state index is 12.8. The van der Waals surface area contributed by atoms with Crippen LogP contribution in [-0.2, 0) is 4.74 Å². The molecule has 1 rings (SSSR count). The molecule has 5 heteroatoms. The summed E-state index contributed by atoms with van der Waals surface area (Å²) in [5.41, 5.74) is 0.110. The van der Waals surface area contributed by atoms with Gasteiger partial charge < -0.3 is 9.64 Å². The Labute approximate surface area is 94.0 Å². The van der Waals surface area contributed by atoms with Crippen LogP contribution in [0.5, 0.6) is 0 Å². The van der Waals surface area contributed by atoms with Gasteiger partial charge in [-0.05, 0) is 19.1 Å². The van der Waals surface area contributed by atoms with E-state index in [1.165, 1.54) is 23.1 Å². The molecule has 0 fully saturated rings. The Balaban J connectivity index is 2.56. The fourth-order valence-electron chi connectivity index (χ4n) is 1.17. The number of likely N-dealkylation sites (N-methyl/N-ethyl adjacent to an activating group) is 1. The van der Waals surface area contributed by atoms with Gasteiger partial charge in [-0.25, -0.2) is 4.98 Å². The Morgan fingerprint density at radius 3 is 2.94 bits per heavy atom. The maximum Gasteiger partial charge on any atom is 0.272 e. The number of pyridine rings is 1. The number of nitrogens with zero attached hydrogens (tertiary/aromatic N) is 2. The molecule has 88 valence electrons. The molecular weight excluding hydrogens is 211 g/mol. The molecule has 0 unspecified atom stereocenters. The van der Waals surface area contributed by atoms with Crippen molar-refractivity contribution in [2.24, 2.45) is 0 Å². The van der Waals surface area contributed by atoms with Gasteiger partial charge in [0.2, 0.25) is 5.95 Å². The van der Waals surface area contributed by atoms with Gasteiger partial charge in [0.1, 0.15) is 5.69 Å². The Morgan fingerprint density at radius 2 is 2.31 bits per heavy atom. The van der Waals surface area contributed by atoms with E-state index in [9.17, 15) is 9.18 Å². The van der Waals surface area contributed by atoms with E-state index in [0.717, 1.165) is 0 Å². The van der Waals surface area contributed by atoms with Gasteiger partial charge in [0.25, 0.3) is 5.91 Å². The number of hydrogen-bond donors (Lipinski definition) is 0. The molecule has 0 aliphatic rings. The lowest BCUT2D eigenvalue weighted by Crippen LogP contribution is -2.30. The summed E-state index contributed by atoms with van der Waals surface area (Å²) in [6.07, 6.45) is 0. The second-order valence-electron chi connectivity index (χ2n) is 3.27. The standard InChI is InChI=1S/C11H15FN2O2/c1-3-16-8-7-14(2)11(15)9-5-4-6-10(12)13-9/h4-6H,3,7-8H2,1-2H3. The molecule has 1 heterocycles. The minimum absolute atomic E-state index is 0.110. The molecule has 1 amide bonds. The van der Waals surface area contributed by atoms with Crippen molar-refractivity contribution in [2.45, 2.75) is 6.92 Å². The van der Waals surface area contributed by atoms with Crippen molar-refractivity contribution in [3.8, 4) is 0 Å². The fraction of sp³-hybridized carbons (Fsp3) is 0.455. The topological polar surface area (TPSA) is 42.4 Å². The van der Waals surface area contributed by atoms with Crippen LogP contribution in [0.1, 0.15) is 17.4 Å². The number of amides is 1. The van der Waals surface area contributed by atoms with E-state index in [0.29, 0.717) is 19.8 Å². The van der Waals surface area contributed by atoms with E-state index in [1.54, 1.807) is 7.05 Å². The summed E-state index contributed by atoms with van der Waals surface area (Å²) in [7, 11) is 1.63. The van der Waals surface area contributed by atoms with Gasteiger partial charge in [-0.15, -0.1) is 0 Å². The molecule has 0 aromatic carbocycles. The molecule has 0 N–H and O–H groups in total. The average Bonchev–Trinajstić information content (AvgIpc) is 2.28. The van der Waals surface area contributed by atoms with Crippen LogP contribution >= 0.6 is 0 Å². The lowest BCUT2D eigenvalue weighted by atomic mass is 10.3. The van der Waals surface area contributed by atoms with Crippen LogP contribution in [0, 0.1) is 5.95 Å². The Hall–Kier alpha value is -1.49. The first-order valence-electron chi connectivity index (χ1n) is 5.11. The molecule has 0 spiro atoms. The van der Waals surface area contributed by atoms with Crippen molar-refractivity contribution >= 4 is 5.91 Å². The smallest absolute Gasteiger partial charge is 0.272 e. The second-order valence-corrected chi connectivity index (χ2v) is 3.27. The summed E-state index contributed by atoms with van der Waals surface area (Å²) >= 11 is 0. The second kappa shape index (κ2) is 6.17. The van der Waals surface area contributed by atoms with Gasteiger partial charge >= 0.3 is 0 Å². The van der Waals surface area contributed by atoms with Crippen molar-refractivity contribution in [3.63, 3.8) is 0 Å². The number of rotatable bonds is 5. The van der Waals surface area contributed by atoms with Crippen LogP contribution < -0.4 is 0 Å². The number of aromatic nitrogens is 1.